The maximum absolute atomic E-state index is 5.71. The first-order chi connectivity index (χ1) is 6.69. The van der Waals surface area contributed by atoms with Gasteiger partial charge in [-0.2, -0.15) is 9.97 Å². The van der Waals surface area contributed by atoms with Crippen molar-refractivity contribution in [2.24, 2.45) is 0 Å². The minimum Gasteiger partial charge on any atom is -0.476 e. The Morgan fingerprint density at radius 2 is 2.21 bits per heavy atom. The Hall–Kier alpha value is -1.98. The van der Waals surface area contributed by atoms with Crippen LogP contribution >= 0.6 is 0 Å². The molecular formula is C8H13N5O. The van der Waals surface area contributed by atoms with Gasteiger partial charge in [0.05, 0.1) is 6.61 Å². The fraction of sp³-hybridized carbons (Fsp3) is 0.250. The minimum absolute atomic E-state index is 0.104. The third-order valence-corrected chi connectivity index (χ3v) is 1.45. The summed E-state index contributed by atoms with van der Waals surface area (Å²) in [6.45, 7) is 5.79. The molecular weight excluding hydrogens is 182 g/mol. The summed E-state index contributed by atoms with van der Waals surface area (Å²) in [6.07, 6.45) is 1.45. The second kappa shape index (κ2) is 4.31. The van der Waals surface area contributed by atoms with Crippen LogP contribution in [-0.4, -0.2) is 16.6 Å². The average Bonchev–Trinajstić information content (AvgIpc) is 2.14. The predicted octanol–water partition coefficient (Wildman–Crippen LogP) is 0.595. The summed E-state index contributed by atoms with van der Waals surface area (Å²) in [4.78, 5) is 7.74. The van der Waals surface area contributed by atoms with Gasteiger partial charge in [-0.25, -0.2) is 0 Å². The molecule has 0 aliphatic rings. The van der Waals surface area contributed by atoms with E-state index < -0.39 is 0 Å². The number of nitrogen functional groups attached to an aromatic ring is 2. The molecule has 0 saturated carbocycles. The molecule has 0 saturated heterocycles. The molecule has 1 rings (SSSR count). The van der Waals surface area contributed by atoms with Gasteiger partial charge < -0.3 is 21.5 Å². The van der Waals surface area contributed by atoms with E-state index in [1.807, 2.05) is 6.92 Å². The van der Waals surface area contributed by atoms with Crippen LogP contribution < -0.4 is 21.5 Å². The second-order valence-electron chi connectivity index (χ2n) is 2.43. The number of hydrogen-bond donors (Lipinski definition) is 3. The van der Waals surface area contributed by atoms with E-state index in [0.29, 0.717) is 18.1 Å². The number of aromatic nitrogens is 2. The molecule has 6 nitrogen and oxygen atoms in total. The molecule has 0 fully saturated rings. The van der Waals surface area contributed by atoms with E-state index in [1.165, 1.54) is 6.20 Å². The van der Waals surface area contributed by atoms with Crippen LogP contribution in [0.4, 0.5) is 17.5 Å². The summed E-state index contributed by atoms with van der Waals surface area (Å²) in [7, 11) is 0. The van der Waals surface area contributed by atoms with Crippen molar-refractivity contribution in [2.45, 2.75) is 6.92 Å². The van der Waals surface area contributed by atoms with Crippen molar-refractivity contribution >= 4 is 17.5 Å². The number of rotatable bonds is 4. The highest BCUT2D eigenvalue weighted by Gasteiger charge is 2.09. The first kappa shape index (κ1) is 10.1. The highest BCUT2D eigenvalue weighted by molar-refractivity contribution is 5.69. The summed E-state index contributed by atoms with van der Waals surface area (Å²) < 4.78 is 5.17. The smallest absolute Gasteiger partial charge is 0.244 e. The molecule has 0 radical (unpaired) electrons. The number of ether oxygens (including phenoxy) is 1. The van der Waals surface area contributed by atoms with Gasteiger partial charge in [-0.3, -0.25) is 0 Å². The maximum atomic E-state index is 5.71. The van der Waals surface area contributed by atoms with Gasteiger partial charge in [0.1, 0.15) is 5.69 Å². The van der Waals surface area contributed by atoms with Crippen molar-refractivity contribution in [3.63, 3.8) is 0 Å². The molecule has 0 atom stereocenters. The molecule has 0 aliphatic heterocycles. The van der Waals surface area contributed by atoms with Crippen LogP contribution in [0.25, 0.3) is 0 Å². The number of nitrogens with zero attached hydrogens (tertiary/aromatic N) is 2. The summed E-state index contributed by atoms with van der Waals surface area (Å²) in [5.41, 5.74) is 11.5. The number of nitrogens with one attached hydrogen (secondary N) is 1. The van der Waals surface area contributed by atoms with E-state index >= 15 is 0 Å². The summed E-state index contributed by atoms with van der Waals surface area (Å²) in [6, 6.07) is 0. The van der Waals surface area contributed by atoms with Crippen LogP contribution in [0, 0.1) is 0 Å². The minimum atomic E-state index is 0.104. The maximum Gasteiger partial charge on any atom is 0.244 e. The molecule has 0 aromatic carbocycles. The molecule has 0 unspecified atom stereocenters. The lowest BCUT2D eigenvalue weighted by molar-refractivity contribution is 0.329. The van der Waals surface area contributed by atoms with Gasteiger partial charge in [0.15, 0.2) is 5.82 Å². The SMILES string of the molecule is C=CNc1nc(N)nc(OCC)c1N. The lowest BCUT2D eigenvalue weighted by Crippen LogP contribution is -2.07. The first-order valence-corrected chi connectivity index (χ1v) is 4.12. The molecule has 0 amide bonds. The van der Waals surface area contributed by atoms with Crippen LogP contribution in [0.15, 0.2) is 12.8 Å². The Bertz CT molecular complexity index is 339. The zero-order valence-electron chi connectivity index (χ0n) is 7.95. The Labute approximate surface area is 82.0 Å². The van der Waals surface area contributed by atoms with Crippen molar-refractivity contribution < 1.29 is 4.74 Å². The van der Waals surface area contributed by atoms with Crippen molar-refractivity contribution in [3.05, 3.63) is 12.8 Å². The van der Waals surface area contributed by atoms with Gasteiger partial charge in [-0.05, 0) is 13.1 Å². The van der Waals surface area contributed by atoms with E-state index in [9.17, 15) is 0 Å². The Morgan fingerprint density at radius 3 is 2.79 bits per heavy atom. The standard InChI is InChI=1S/C8H13N5O/c1-3-11-6-5(9)7(14-4-2)13-8(10)12-6/h3H,1,4,9H2,2H3,(H3,10,11,12,13). The summed E-state index contributed by atoms with van der Waals surface area (Å²) >= 11 is 0. The fourth-order valence-electron chi connectivity index (χ4n) is 0.919. The lowest BCUT2D eigenvalue weighted by atomic mass is 10.4. The predicted molar refractivity (Wildman–Crippen MR) is 55.8 cm³/mol. The molecule has 0 spiro atoms. The zero-order chi connectivity index (χ0) is 10.6. The normalized spacial score (nSPS) is 9.50. The average molecular weight is 195 g/mol. The largest absolute Gasteiger partial charge is 0.476 e. The van der Waals surface area contributed by atoms with Crippen molar-refractivity contribution in [1.82, 2.24) is 9.97 Å². The quantitative estimate of drug-likeness (QED) is 0.650. The van der Waals surface area contributed by atoms with Crippen LogP contribution in [0.5, 0.6) is 5.88 Å². The van der Waals surface area contributed by atoms with E-state index in [0.717, 1.165) is 0 Å². The monoisotopic (exact) mass is 195 g/mol. The molecule has 1 heterocycles. The molecule has 5 N–H and O–H groups in total. The van der Waals surface area contributed by atoms with Crippen LogP contribution in [0.2, 0.25) is 0 Å². The first-order valence-electron chi connectivity index (χ1n) is 4.12. The zero-order valence-corrected chi connectivity index (χ0v) is 7.95. The molecule has 0 bridgehead atoms. The number of hydrogen-bond acceptors (Lipinski definition) is 6. The Morgan fingerprint density at radius 1 is 1.50 bits per heavy atom. The van der Waals surface area contributed by atoms with Gasteiger partial charge in [-0.1, -0.05) is 6.58 Å². The van der Waals surface area contributed by atoms with E-state index in [-0.39, 0.29) is 11.8 Å². The lowest BCUT2D eigenvalue weighted by Gasteiger charge is -2.09. The number of nitrogens with two attached hydrogens (primary N) is 2. The molecule has 1 aromatic rings. The van der Waals surface area contributed by atoms with Crippen LogP contribution in [0.1, 0.15) is 6.92 Å². The highest BCUT2D eigenvalue weighted by atomic mass is 16.5. The Kier molecular flexibility index (Phi) is 3.11. The second-order valence-corrected chi connectivity index (χ2v) is 2.43. The van der Waals surface area contributed by atoms with E-state index in [4.69, 9.17) is 16.2 Å². The van der Waals surface area contributed by atoms with Crippen LogP contribution in [-0.2, 0) is 0 Å². The van der Waals surface area contributed by atoms with E-state index in [2.05, 4.69) is 21.9 Å². The molecule has 1 aromatic heterocycles. The van der Waals surface area contributed by atoms with Crippen molar-refractivity contribution in [3.8, 4) is 5.88 Å². The fourth-order valence-corrected chi connectivity index (χ4v) is 0.919. The van der Waals surface area contributed by atoms with E-state index in [1.54, 1.807) is 0 Å². The van der Waals surface area contributed by atoms with Gasteiger partial charge in [0, 0.05) is 0 Å². The molecule has 14 heavy (non-hydrogen) atoms. The highest BCUT2D eigenvalue weighted by Crippen LogP contribution is 2.26. The van der Waals surface area contributed by atoms with Gasteiger partial charge in [0.25, 0.3) is 0 Å². The van der Waals surface area contributed by atoms with Gasteiger partial charge in [-0.15, -0.1) is 0 Å². The molecule has 76 valence electrons. The number of anilines is 3. The topological polar surface area (TPSA) is 99.1 Å². The summed E-state index contributed by atoms with van der Waals surface area (Å²) in [5, 5.41) is 2.74. The third kappa shape index (κ3) is 2.03. The Balaban J connectivity index is 3.10. The van der Waals surface area contributed by atoms with Gasteiger partial charge >= 0.3 is 0 Å². The van der Waals surface area contributed by atoms with Gasteiger partial charge in [0.2, 0.25) is 11.8 Å². The van der Waals surface area contributed by atoms with Crippen molar-refractivity contribution in [2.75, 3.05) is 23.4 Å². The molecule has 0 aliphatic carbocycles. The van der Waals surface area contributed by atoms with Crippen LogP contribution in [0.3, 0.4) is 0 Å². The van der Waals surface area contributed by atoms with Crippen molar-refractivity contribution in [1.29, 1.82) is 0 Å². The summed E-state index contributed by atoms with van der Waals surface area (Å²) in [5.74, 6) is 0.785. The third-order valence-electron chi connectivity index (χ3n) is 1.45. The molecule has 6 heteroatoms.